The van der Waals surface area contributed by atoms with Crippen molar-refractivity contribution in [2.24, 2.45) is 0 Å². The molecule has 0 atom stereocenters. The van der Waals surface area contributed by atoms with Crippen LogP contribution in [0.3, 0.4) is 0 Å². The lowest BCUT2D eigenvalue weighted by molar-refractivity contribution is -0.134. The molecule has 1 heterocycles. The molecule has 7 heteroatoms. The van der Waals surface area contributed by atoms with Crippen molar-refractivity contribution in [1.82, 2.24) is 14.7 Å². The molecular formula is C23H29ClN4O2. The van der Waals surface area contributed by atoms with E-state index in [1.54, 1.807) is 7.05 Å². The maximum Gasteiger partial charge on any atom is 0.243 e. The molecule has 0 saturated carbocycles. The van der Waals surface area contributed by atoms with E-state index in [1.165, 1.54) is 10.5 Å². The van der Waals surface area contributed by atoms with Crippen molar-refractivity contribution in [2.75, 3.05) is 51.6 Å². The predicted molar refractivity (Wildman–Crippen MR) is 121 cm³/mol. The van der Waals surface area contributed by atoms with Crippen LogP contribution in [0.2, 0.25) is 5.02 Å². The Bertz CT molecular complexity index is 864. The van der Waals surface area contributed by atoms with Gasteiger partial charge < -0.3 is 10.2 Å². The van der Waals surface area contributed by atoms with Crippen LogP contribution in [0.25, 0.3) is 0 Å². The fourth-order valence-electron chi connectivity index (χ4n) is 3.45. The molecule has 1 aliphatic heterocycles. The summed E-state index contributed by atoms with van der Waals surface area (Å²) in [5.41, 5.74) is 3.07. The quantitative estimate of drug-likeness (QED) is 0.736. The standard InChI is InChI=1S/C23H29ClN4O2/c1-18-6-8-21(9-7-18)25-22(29)16-26(2)23(30)17-28-12-10-27(11-13-28)15-19-4-3-5-20(24)14-19/h3-9,14H,10-13,15-17H2,1-2H3,(H,25,29). The number of anilines is 1. The van der Waals surface area contributed by atoms with Crippen LogP contribution in [0.15, 0.2) is 48.5 Å². The molecular weight excluding hydrogens is 400 g/mol. The molecule has 1 aliphatic rings. The van der Waals surface area contributed by atoms with E-state index in [2.05, 4.69) is 21.2 Å². The lowest BCUT2D eigenvalue weighted by Gasteiger charge is -2.35. The molecule has 0 unspecified atom stereocenters. The molecule has 1 fully saturated rings. The van der Waals surface area contributed by atoms with Gasteiger partial charge in [-0.15, -0.1) is 0 Å². The molecule has 0 aliphatic carbocycles. The number of aryl methyl sites for hydroxylation is 1. The van der Waals surface area contributed by atoms with Crippen LogP contribution in [0.4, 0.5) is 5.69 Å². The van der Waals surface area contributed by atoms with E-state index in [0.29, 0.717) is 6.54 Å². The lowest BCUT2D eigenvalue weighted by Crippen LogP contribution is -2.49. The zero-order valence-electron chi connectivity index (χ0n) is 17.6. The number of benzene rings is 2. The van der Waals surface area contributed by atoms with Crippen molar-refractivity contribution in [3.63, 3.8) is 0 Å². The second-order valence-electron chi connectivity index (χ2n) is 7.85. The number of hydrogen-bond donors (Lipinski definition) is 1. The number of carbonyl (C=O) groups excluding carboxylic acids is 2. The number of nitrogens with one attached hydrogen (secondary N) is 1. The molecule has 2 aromatic carbocycles. The Hall–Kier alpha value is -2.41. The number of hydrogen-bond acceptors (Lipinski definition) is 4. The minimum Gasteiger partial charge on any atom is -0.335 e. The van der Waals surface area contributed by atoms with Crippen LogP contribution < -0.4 is 5.32 Å². The highest BCUT2D eigenvalue weighted by Crippen LogP contribution is 2.14. The van der Waals surface area contributed by atoms with Crippen molar-refractivity contribution in [2.45, 2.75) is 13.5 Å². The molecule has 3 rings (SSSR count). The fraction of sp³-hybridized carbons (Fsp3) is 0.391. The molecule has 0 radical (unpaired) electrons. The largest absolute Gasteiger partial charge is 0.335 e. The molecule has 30 heavy (non-hydrogen) atoms. The summed E-state index contributed by atoms with van der Waals surface area (Å²) < 4.78 is 0. The van der Waals surface area contributed by atoms with Crippen molar-refractivity contribution in [3.8, 4) is 0 Å². The van der Waals surface area contributed by atoms with Gasteiger partial charge in [0.25, 0.3) is 0 Å². The van der Waals surface area contributed by atoms with Crippen LogP contribution in [0, 0.1) is 6.92 Å². The Labute approximate surface area is 183 Å². The highest BCUT2D eigenvalue weighted by Gasteiger charge is 2.21. The van der Waals surface area contributed by atoms with Gasteiger partial charge in [-0.3, -0.25) is 19.4 Å². The highest BCUT2D eigenvalue weighted by molar-refractivity contribution is 6.30. The second-order valence-corrected chi connectivity index (χ2v) is 8.28. The average Bonchev–Trinajstić information content (AvgIpc) is 2.71. The smallest absolute Gasteiger partial charge is 0.243 e. The molecule has 1 N–H and O–H groups in total. The second kappa shape index (κ2) is 10.6. The van der Waals surface area contributed by atoms with E-state index in [9.17, 15) is 9.59 Å². The van der Waals surface area contributed by atoms with Gasteiger partial charge in [0.15, 0.2) is 0 Å². The van der Waals surface area contributed by atoms with Gasteiger partial charge in [0, 0.05) is 50.5 Å². The molecule has 0 aromatic heterocycles. The minimum atomic E-state index is -0.193. The summed E-state index contributed by atoms with van der Waals surface area (Å²) in [7, 11) is 1.67. The monoisotopic (exact) mass is 428 g/mol. The topological polar surface area (TPSA) is 55.9 Å². The number of likely N-dealkylation sites (N-methyl/N-ethyl adjacent to an activating group) is 1. The van der Waals surface area contributed by atoms with E-state index in [4.69, 9.17) is 11.6 Å². The summed E-state index contributed by atoms with van der Waals surface area (Å²) in [6.07, 6.45) is 0. The van der Waals surface area contributed by atoms with E-state index in [1.807, 2.05) is 49.4 Å². The Morgan fingerprint density at radius 3 is 2.37 bits per heavy atom. The first-order valence-electron chi connectivity index (χ1n) is 10.2. The van der Waals surface area contributed by atoms with Crippen LogP contribution in [0.5, 0.6) is 0 Å². The average molecular weight is 429 g/mol. The van der Waals surface area contributed by atoms with E-state index in [0.717, 1.165) is 49.0 Å². The number of halogens is 1. The number of amides is 2. The summed E-state index contributed by atoms with van der Waals surface area (Å²) in [5.74, 6) is -0.238. The van der Waals surface area contributed by atoms with Crippen molar-refractivity contribution in [3.05, 3.63) is 64.7 Å². The van der Waals surface area contributed by atoms with Gasteiger partial charge in [-0.05, 0) is 36.8 Å². The summed E-state index contributed by atoms with van der Waals surface area (Å²) in [5, 5.41) is 3.58. The summed E-state index contributed by atoms with van der Waals surface area (Å²) >= 11 is 6.06. The van der Waals surface area contributed by atoms with Crippen LogP contribution in [0.1, 0.15) is 11.1 Å². The number of rotatable bonds is 7. The summed E-state index contributed by atoms with van der Waals surface area (Å²) in [6, 6.07) is 15.5. The number of nitrogens with zero attached hydrogens (tertiary/aromatic N) is 3. The Morgan fingerprint density at radius 1 is 1.03 bits per heavy atom. The van der Waals surface area contributed by atoms with Crippen LogP contribution >= 0.6 is 11.6 Å². The van der Waals surface area contributed by atoms with Crippen LogP contribution in [-0.4, -0.2) is 72.8 Å². The van der Waals surface area contributed by atoms with Crippen molar-refractivity contribution >= 4 is 29.1 Å². The maximum atomic E-state index is 12.5. The third-order valence-corrected chi connectivity index (χ3v) is 5.50. The van der Waals surface area contributed by atoms with Gasteiger partial charge in [0.05, 0.1) is 13.1 Å². The van der Waals surface area contributed by atoms with Crippen LogP contribution in [-0.2, 0) is 16.1 Å². The number of piperazine rings is 1. The van der Waals surface area contributed by atoms with Gasteiger partial charge >= 0.3 is 0 Å². The first-order valence-corrected chi connectivity index (χ1v) is 10.6. The minimum absolute atomic E-state index is 0.0431. The van der Waals surface area contributed by atoms with Gasteiger partial charge in [-0.25, -0.2) is 0 Å². The van der Waals surface area contributed by atoms with Gasteiger partial charge in [0.2, 0.25) is 11.8 Å². The Balaban J connectivity index is 1.39. The SMILES string of the molecule is Cc1ccc(NC(=O)CN(C)C(=O)CN2CCN(Cc3cccc(Cl)c3)CC2)cc1. The number of carbonyl (C=O) groups is 2. The Morgan fingerprint density at radius 2 is 1.70 bits per heavy atom. The lowest BCUT2D eigenvalue weighted by atomic mass is 10.2. The first-order chi connectivity index (χ1) is 14.4. The molecule has 0 bridgehead atoms. The summed E-state index contributed by atoms with van der Waals surface area (Å²) in [4.78, 5) is 30.7. The third kappa shape index (κ3) is 6.83. The normalized spacial score (nSPS) is 15.0. The van der Waals surface area contributed by atoms with Crippen molar-refractivity contribution < 1.29 is 9.59 Å². The molecule has 0 spiro atoms. The molecule has 160 valence electrons. The maximum absolute atomic E-state index is 12.5. The molecule has 6 nitrogen and oxygen atoms in total. The molecule has 2 amide bonds. The summed E-state index contributed by atoms with van der Waals surface area (Å²) in [6.45, 7) is 6.69. The highest BCUT2D eigenvalue weighted by atomic mass is 35.5. The van der Waals surface area contributed by atoms with Crippen molar-refractivity contribution in [1.29, 1.82) is 0 Å². The van der Waals surface area contributed by atoms with Gasteiger partial charge in [0.1, 0.15) is 0 Å². The molecule has 2 aromatic rings. The zero-order valence-corrected chi connectivity index (χ0v) is 18.4. The Kier molecular flexibility index (Phi) is 7.85. The van der Waals surface area contributed by atoms with E-state index in [-0.39, 0.29) is 18.4 Å². The van der Waals surface area contributed by atoms with Gasteiger partial charge in [-0.2, -0.15) is 0 Å². The van der Waals surface area contributed by atoms with E-state index >= 15 is 0 Å². The molecule has 1 saturated heterocycles. The van der Waals surface area contributed by atoms with Gasteiger partial charge in [-0.1, -0.05) is 41.4 Å². The predicted octanol–water partition coefficient (Wildman–Crippen LogP) is 2.86. The first kappa shape index (κ1) is 22.3. The van der Waals surface area contributed by atoms with E-state index < -0.39 is 0 Å². The fourth-order valence-corrected chi connectivity index (χ4v) is 3.66. The zero-order chi connectivity index (χ0) is 21.5. The third-order valence-electron chi connectivity index (χ3n) is 5.26.